The Morgan fingerprint density at radius 2 is 1.54 bits per heavy atom. The molecular weight excluding hydrogens is 664 g/mol. The van der Waals surface area contributed by atoms with Crippen molar-refractivity contribution in [3.8, 4) is 0 Å². The first-order valence-corrected chi connectivity index (χ1v) is 16.1. The lowest BCUT2D eigenvalue weighted by Crippen LogP contribution is -2.18. The Kier molecular flexibility index (Phi) is 9.09. The summed E-state index contributed by atoms with van der Waals surface area (Å²) in [6.45, 7) is 0. The van der Waals surface area contributed by atoms with E-state index in [1.807, 2.05) is 0 Å². The zero-order valence-electron chi connectivity index (χ0n) is 25.5. The van der Waals surface area contributed by atoms with Crippen LogP contribution >= 0.6 is 0 Å². The van der Waals surface area contributed by atoms with Gasteiger partial charge < -0.3 is 14.8 Å². The van der Waals surface area contributed by atoms with Gasteiger partial charge in [0.25, 0.3) is 0 Å². The maximum Gasteiger partial charge on any atom is 0.416 e. The molecule has 48 heavy (non-hydrogen) atoms. The first kappa shape index (κ1) is 34.2. The van der Waals surface area contributed by atoms with Crippen LogP contribution in [0.2, 0.25) is 0 Å². The average molecular weight is 692 g/mol. The molecule has 0 radical (unpaired) electrons. The third kappa shape index (κ3) is 8.02. The highest BCUT2D eigenvalue weighted by Crippen LogP contribution is 2.37. The van der Waals surface area contributed by atoms with Gasteiger partial charge in [-0.1, -0.05) is 18.2 Å². The first-order chi connectivity index (χ1) is 22.4. The number of alkyl halides is 6. The molecule has 2 aromatic heterocycles. The van der Waals surface area contributed by atoms with Gasteiger partial charge in [0.1, 0.15) is 11.3 Å². The van der Waals surface area contributed by atoms with E-state index >= 15 is 0 Å². The largest absolute Gasteiger partial charge is 0.416 e. The highest BCUT2D eigenvalue weighted by atomic mass is 32.2. The number of sulfone groups is 1. The number of rotatable bonds is 9. The number of hydrogen-bond acceptors (Lipinski definition) is 8. The first-order valence-electron chi connectivity index (χ1n) is 14.0. The summed E-state index contributed by atoms with van der Waals surface area (Å²) in [7, 11) is 0.129. The molecule has 0 saturated carbocycles. The molecule has 17 heteroatoms. The molecule has 0 aliphatic carbocycles. The number of benzene rings is 3. The van der Waals surface area contributed by atoms with Gasteiger partial charge in [-0.15, -0.1) is 0 Å². The van der Waals surface area contributed by atoms with Gasteiger partial charge in [-0.3, -0.25) is 10.1 Å². The second-order valence-electron chi connectivity index (χ2n) is 11.0. The number of halogens is 6. The Morgan fingerprint density at radius 1 is 0.896 bits per heavy atom. The van der Waals surface area contributed by atoms with E-state index in [2.05, 4.69) is 25.6 Å². The van der Waals surface area contributed by atoms with E-state index in [4.69, 9.17) is 0 Å². The number of nitrogens with one attached hydrogen (secondary N) is 2. The molecule has 0 bridgehead atoms. The summed E-state index contributed by atoms with van der Waals surface area (Å²) in [6, 6.07) is 14.6. The van der Waals surface area contributed by atoms with E-state index in [-0.39, 0.29) is 23.7 Å². The Balaban J connectivity index is 1.36. The number of carbonyl (C=O) groups excluding carboxylic acids is 1. The number of nitrogens with zero attached hydrogens (tertiary/aromatic N) is 5. The minimum absolute atomic E-state index is 0.00241. The molecule has 0 aliphatic rings. The van der Waals surface area contributed by atoms with E-state index in [9.17, 15) is 39.6 Å². The third-order valence-electron chi connectivity index (χ3n) is 7.14. The van der Waals surface area contributed by atoms with Crippen LogP contribution in [0, 0.1) is 0 Å². The number of para-hydroxylation sites is 1. The van der Waals surface area contributed by atoms with Gasteiger partial charge in [-0.05, 0) is 59.7 Å². The van der Waals surface area contributed by atoms with E-state index < -0.39 is 51.2 Å². The Bertz CT molecular complexity index is 2060. The van der Waals surface area contributed by atoms with Crippen LogP contribution in [0.4, 0.5) is 55.4 Å². The molecule has 5 rings (SSSR count). The van der Waals surface area contributed by atoms with Crippen molar-refractivity contribution in [2.45, 2.75) is 24.5 Å². The number of carbonyl (C=O) groups is 1. The second-order valence-corrected chi connectivity index (χ2v) is 13.1. The predicted molar refractivity (Wildman–Crippen MR) is 168 cm³/mol. The van der Waals surface area contributed by atoms with Crippen molar-refractivity contribution in [2.75, 3.05) is 28.8 Å². The summed E-state index contributed by atoms with van der Waals surface area (Å²) in [5, 5.41) is 5.55. The van der Waals surface area contributed by atoms with E-state index in [0.717, 1.165) is 6.26 Å². The van der Waals surface area contributed by atoms with E-state index in [1.165, 1.54) is 10.8 Å². The number of aryl methyl sites for hydroxylation is 1. The van der Waals surface area contributed by atoms with Crippen LogP contribution in [0.25, 0.3) is 11.0 Å². The molecule has 2 N–H and O–H groups in total. The van der Waals surface area contributed by atoms with E-state index in [1.54, 1.807) is 67.5 Å². The summed E-state index contributed by atoms with van der Waals surface area (Å²) in [5.41, 5.74) is -0.692. The molecule has 0 unspecified atom stereocenters. The predicted octanol–water partition coefficient (Wildman–Crippen LogP) is 6.64. The molecule has 0 fully saturated rings. The van der Waals surface area contributed by atoms with Gasteiger partial charge in [-0.25, -0.2) is 18.4 Å². The topological polar surface area (TPSA) is 122 Å². The number of fused-ring (bicyclic) bond motifs is 1. The van der Waals surface area contributed by atoms with Gasteiger partial charge in [0.15, 0.2) is 9.84 Å². The minimum atomic E-state index is -5.04. The van der Waals surface area contributed by atoms with Crippen molar-refractivity contribution in [1.29, 1.82) is 0 Å². The fourth-order valence-electron chi connectivity index (χ4n) is 4.89. The van der Waals surface area contributed by atoms with Crippen LogP contribution in [-0.2, 0) is 46.2 Å². The summed E-state index contributed by atoms with van der Waals surface area (Å²) >= 11 is 0. The summed E-state index contributed by atoms with van der Waals surface area (Å²) in [5.74, 6) is -0.239. The summed E-state index contributed by atoms with van der Waals surface area (Å²) in [6.07, 6.45) is -8.16. The van der Waals surface area contributed by atoms with Crippen molar-refractivity contribution < 1.29 is 39.6 Å². The van der Waals surface area contributed by atoms with Crippen LogP contribution in [0.3, 0.4) is 0 Å². The lowest BCUT2D eigenvalue weighted by atomic mass is 10.0. The zero-order chi connectivity index (χ0) is 35.0. The molecule has 0 aliphatic heterocycles. The fraction of sp³-hybridized carbons (Fsp3) is 0.226. The zero-order valence-corrected chi connectivity index (χ0v) is 26.3. The Morgan fingerprint density at radius 3 is 2.15 bits per heavy atom. The molecule has 1 amide bonds. The second kappa shape index (κ2) is 12.8. The van der Waals surface area contributed by atoms with Crippen LogP contribution < -0.4 is 15.5 Å². The van der Waals surface area contributed by atoms with Crippen LogP contribution in [-0.4, -0.2) is 47.1 Å². The lowest BCUT2D eigenvalue weighted by Gasteiger charge is -2.19. The molecule has 3 aromatic carbocycles. The molecule has 10 nitrogen and oxygen atoms in total. The fourth-order valence-corrected chi connectivity index (χ4v) is 5.69. The third-order valence-corrected chi connectivity index (χ3v) is 8.00. The summed E-state index contributed by atoms with van der Waals surface area (Å²) < 4.78 is 104. The van der Waals surface area contributed by atoms with Crippen molar-refractivity contribution >= 4 is 55.9 Å². The highest BCUT2D eigenvalue weighted by molar-refractivity contribution is 7.89. The molecule has 252 valence electrons. The monoisotopic (exact) mass is 691 g/mol. The highest BCUT2D eigenvalue weighted by Gasteiger charge is 2.37. The number of hydrogen-bond donors (Lipinski definition) is 2. The molecule has 0 atom stereocenters. The SMILES string of the molecule is CN(c1ccnc(Nc2ccc(CS(C)(=O)=O)cc2)n1)c1cccc2c1nc(NC(=O)Cc1cc(C(F)(F)F)cc(C(F)(F)F)c1)n2C. The Labute approximate surface area is 270 Å². The van der Waals surface area contributed by atoms with Crippen LogP contribution in [0.1, 0.15) is 22.3 Å². The maximum absolute atomic E-state index is 13.3. The smallest absolute Gasteiger partial charge is 0.327 e. The van der Waals surface area contributed by atoms with Gasteiger partial charge in [0.2, 0.25) is 17.8 Å². The molecule has 0 saturated heterocycles. The van der Waals surface area contributed by atoms with Crippen molar-refractivity contribution in [3.05, 3.63) is 95.2 Å². The van der Waals surface area contributed by atoms with Crippen molar-refractivity contribution in [1.82, 2.24) is 19.5 Å². The molecular formula is C31H27F6N7O3S. The number of amides is 1. The van der Waals surface area contributed by atoms with Gasteiger partial charge in [-0.2, -0.15) is 31.3 Å². The number of anilines is 5. The normalized spacial score (nSPS) is 12.3. The number of aromatic nitrogens is 4. The van der Waals surface area contributed by atoms with Gasteiger partial charge >= 0.3 is 12.4 Å². The Hall–Kier alpha value is -5.19. The average Bonchev–Trinajstić information content (AvgIpc) is 3.30. The number of imidazole rings is 1. The van der Waals surface area contributed by atoms with Gasteiger partial charge in [0.05, 0.1) is 34.5 Å². The van der Waals surface area contributed by atoms with Crippen LogP contribution in [0.15, 0.2) is 72.9 Å². The molecule has 2 heterocycles. The summed E-state index contributed by atoms with van der Waals surface area (Å²) in [4.78, 5) is 27.9. The van der Waals surface area contributed by atoms with Gasteiger partial charge in [0, 0.05) is 32.2 Å². The molecule has 0 spiro atoms. The lowest BCUT2D eigenvalue weighted by molar-refractivity contribution is -0.143. The quantitative estimate of drug-likeness (QED) is 0.165. The standard InChI is InChI=1S/C31H27F6N7O3S/c1-43(25-11-12-38-28(40-25)39-22-9-7-18(8-10-22)17-48(3,46)47)23-5-4-6-24-27(23)42-29(44(24)2)41-26(45)15-19-13-20(30(32,33)34)16-21(14-19)31(35,36)37/h4-14,16H,15,17H2,1-3H3,(H,38,39,40)(H,41,42,45). The van der Waals surface area contributed by atoms with Crippen molar-refractivity contribution in [3.63, 3.8) is 0 Å². The van der Waals surface area contributed by atoms with E-state index in [0.29, 0.717) is 45.9 Å². The maximum atomic E-state index is 13.3. The molecule has 5 aromatic rings. The minimum Gasteiger partial charge on any atom is -0.327 e. The van der Waals surface area contributed by atoms with Crippen molar-refractivity contribution in [2.24, 2.45) is 7.05 Å². The van der Waals surface area contributed by atoms with Crippen LogP contribution in [0.5, 0.6) is 0 Å².